The van der Waals surface area contributed by atoms with E-state index >= 15 is 0 Å². The Morgan fingerprint density at radius 3 is 2.84 bits per heavy atom. The van der Waals surface area contributed by atoms with Crippen molar-refractivity contribution in [3.05, 3.63) is 22.6 Å². The number of likely N-dealkylation sites (N-methyl/N-ethyl adjacent to an activating group) is 1. The third-order valence-corrected chi connectivity index (χ3v) is 4.84. The molecule has 5 nitrogen and oxygen atoms in total. The molecule has 0 amide bonds. The van der Waals surface area contributed by atoms with Crippen molar-refractivity contribution in [3.63, 3.8) is 0 Å². The highest BCUT2D eigenvalue weighted by Crippen LogP contribution is 2.48. The van der Waals surface area contributed by atoms with Crippen LogP contribution < -0.4 is 10.5 Å². The fourth-order valence-electron chi connectivity index (χ4n) is 1.94. The summed E-state index contributed by atoms with van der Waals surface area (Å²) < 4.78 is 6.60. The van der Waals surface area contributed by atoms with E-state index in [-0.39, 0.29) is 11.0 Å². The van der Waals surface area contributed by atoms with E-state index in [0.717, 1.165) is 17.6 Å². The molecule has 0 aliphatic heterocycles. The smallest absolute Gasteiger partial charge is 0.268 e. The number of methoxy groups -OCH3 is 1. The number of nitrogens with zero attached hydrogens (tertiary/aromatic N) is 3. The first-order chi connectivity index (χ1) is 9.10. The Bertz CT molecular complexity index is 485. The second kappa shape index (κ2) is 6.05. The van der Waals surface area contributed by atoms with Gasteiger partial charge in [0.05, 0.1) is 25.0 Å². The van der Waals surface area contributed by atoms with Crippen molar-refractivity contribution in [2.24, 2.45) is 5.41 Å². The fourth-order valence-corrected chi connectivity index (χ4v) is 2.68. The lowest BCUT2D eigenvalue weighted by Gasteiger charge is -2.19. The van der Waals surface area contributed by atoms with E-state index in [9.17, 15) is 4.79 Å². The van der Waals surface area contributed by atoms with Crippen molar-refractivity contribution >= 4 is 21.6 Å². The highest BCUT2D eigenvalue weighted by Gasteiger charge is 2.42. The van der Waals surface area contributed by atoms with Gasteiger partial charge in [-0.25, -0.2) is 4.68 Å². The maximum absolute atomic E-state index is 12.1. The first kappa shape index (κ1) is 14.5. The van der Waals surface area contributed by atoms with Gasteiger partial charge in [-0.15, -0.1) is 0 Å². The van der Waals surface area contributed by atoms with E-state index in [1.54, 1.807) is 24.1 Å². The SMILES string of the molecule is COCCN(C)c1cnn(CC2(CBr)CC2)c(=O)c1. The molecule has 1 aromatic rings. The number of hydrogen-bond donors (Lipinski definition) is 0. The van der Waals surface area contributed by atoms with Crippen molar-refractivity contribution in [2.75, 3.05) is 37.5 Å². The maximum Gasteiger partial charge on any atom is 0.268 e. The summed E-state index contributed by atoms with van der Waals surface area (Å²) in [5.41, 5.74) is 1.05. The van der Waals surface area contributed by atoms with E-state index in [1.165, 1.54) is 12.8 Å². The molecule has 0 atom stereocenters. The summed E-state index contributed by atoms with van der Waals surface area (Å²) in [6, 6.07) is 1.65. The van der Waals surface area contributed by atoms with Gasteiger partial charge in [0.2, 0.25) is 0 Å². The summed E-state index contributed by atoms with van der Waals surface area (Å²) in [5, 5.41) is 5.22. The molecule has 1 heterocycles. The van der Waals surface area contributed by atoms with Gasteiger partial charge >= 0.3 is 0 Å². The summed E-state index contributed by atoms with van der Waals surface area (Å²) in [4.78, 5) is 14.0. The highest BCUT2D eigenvalue weighted by atomic mass is 79.9. The zero-order chi connectivity index (χ0) is 13.9. The highest BCUT2D eigenvalue weighted by molar-refractivity contribution is 9.09. The molecule has 19 heavy (non-hydrogen) atoms. The van der Waals surface area contributed by atoms with Crippen molar-refractivity contribution in [2.45, 2.75) is 19.4 Å². The molecule has 0 aromatic carbocycles. The number of hydrogen-bond acceptors (Lipinski definition) is 4. The second-order valence-corrected chi connectivity index (χ2v) is 5.82. The molecule has 0 spiro atoms. The second-order valence-electron chi connectivity index (χ2n) is 5.26. The van der Waals surface area contributed by atoms with Gasteiger partial charge in [-0.3, -0.25) is 4.79 Å². The Kier molecular flexibility index (Phi) is 4.62. The zero-order valence-electron chi connectivity index (χ0n) is 11.4. The van der Waals surface area contributed by atoms with Crippen LogP contribution in [-0.4, -0.2) is 42.4 Å². The van der Waals surface area contributed by atoms with Crippen LogP contribution in [0.5, 0.6) is 0 Å². The number of ether oxygens (including phenoxy) is 1. The molecular weight excluding hydrogens is 310 g/mol. The molecule has 106 valence electrons. The molecule has 0 unspecified atom stereocenters. The molecule has 1 aliphatic rings. The number of aromatic nitrogens is 2. The van der Waals surface area contributed by atoms with E-state index in [2.05, 4.69) is 21.0 Å². The minimum Gasteiger partial charge on any atom is -0.383 e. The molecule has 2 rings (SSSR count). The first-order valence-corrected chi connectivity index (χ1v) is 7.56. The van der Waals surface area contributed by atoms with Crippen molar-refractivity contribution < 1.29 is 4.74 Å². The average molecular weight is 330 g/mol. The predicted molar refractivity (Wildman–Crippen MR) is 79.1 cm³/mol. The van der Waals surface area contributed by atoms with Crippen molar-refractivity contribution in [1.29, 1.82) is 0 Å². The third kappa shape index (κ3) is 3.57. The van der Waals surface area contributed by atoms with E-state index in [4.69, 9.17) is 4.74 Å². The molecule has 0 bridgehead atoms. The largest absolute Gasteiger partial charge is 0.383 e. The lowest BCUT2D eigenvalue weighted by atomic mass is 10.1. The van der Waals surface area contributed by atoms with Gasteiger partial charge in [0.25, 0.3) is 5.56 Å². The van der Waals surface area contributed by atoms with Crippen LogP contribution in [0.3, 0.4) is 0 Å². The average Bonchev–Trinajstić information content (AvgIpc) is 3.19. The number of rotatable bonds is 7. The lowest BCUT2D eigenvalue weighted by molar-refractivity contribution is 0.206. The summed E-state index contributed by atoms with van der Waals surface area (Å²) in [6.07, 6.45) is 4.09. The Morgan fingerprint density at radius 2 is 2.32 bits per heavy atom. The van der Waals surface area contributed by atoms with Gasteiger partial charge in [-0.1, -0.05) is 15.9 Å². The molecular formula is C13H20BrN3O2. The van der Waals surface area contributed by atoms with Gasteiger partial charge in [-0.05, 0) is 18.3 Å². The van der Waals surface area contributed by atoms with Crippen LogP contribution in [0.15, 0.2) is 17.1 Å². The number of halogens is 1. The van der Waals surface area contributed by atoms with Crippen molar-refractivity contribution in [3.8, 4) is 0 Å². The van der Waals surface area contributed by atoms with Gasteiger partial charge < -0.3 is 9.64 Å². The Balaban J connectivity index is 2.07. The summed E-state index contributed by atoms with van der Waals surface area (Å²) in [7, 11) is 3.60. The van der Waals surface area contributed by atoms with Crippen LogP contribution in [0.25, 0.3) is 0 Å². The van der Waals surface area contributed by atoms with Crippen LogP contribution in [0.4, 0.5) is 5.69 Å². The van der Waals surface area contributed by atoms with Crippen LogP contribution in [-0.2, 0) is 11.3 Å². The van der Waals surface area contributed by atoms with Crippen LogP contribution in [0.1, 0.15) is 12.8 Å². The fraction of sp³-hybridized carbons (Fsp3) is 0.692. The van der Waals surface area contributed by atoms with Crippen LogP contribution in [0, 0.1) is 5.41 Å². The molecule has 1 saturated carbocycles. The van der Waals surface area contributed by atoms with E-state index in [0.29, 0.717) is 13.2 Å². The van der Waals surface area contributed by atoms with Crippen LogP contribution >= 0.6 is 15.9 Å². The van der Waals surface area contributed by atoms with E-state index < -0.39 is 0 Å². The molecule has 1 fully saturated rings. The quantitative estimate of drug-likeness (QED) is 0.711. The van der Waals surface area contributed by atoms with Crippen LogP contribution in [0.2, 0.25) is 0 Å². The Hall–Kier alpha value is -0.880. The minimum absolute atomic E-state index is 0.0333. The van der Waals surface area contributed by atoms with Crippen molar-refractivity contribution in [1.82, 2.24) is 9.78 Å². The summed E-state index contributed by atoms with van der Waals surface area (Å²) in [5.74, 6) is 0. The first-order valence-electron chi connectivity index (χ1n) is 6.43. The zero-order valence-corrected chi connectivity index (χ0v) is 13.0. The lowest BCUT2D eigenvalue weighted by Crippen LogP contribution is -2.30. The molecule has 6 heteroatoms. The third-order valence-electron chi connectivity index (χ3n) is 3.65. The van der Waals surface area contributed by atoms with E-state index in [1.807, 2.05) is 11.9 Å². The normalized spacial score (nSPS) is 16.4. The van der Waals surface area contributed by atoms with Gasteiger partial charge in [0, 0.05) is 32.1 Å². The monoisotopic (exact) mass is 329 g/mol. The Morgan fingerprint density at radius 1 is 1.58 bits per heavy atom. The summed E-state index contributed by atoms with van der Waals surface area (Å²) in [6.45, 7) is 2.08. The number of alkyl halides is 1. The maximum atomic E-state index is 12.1. The molecule has 0 saturated heterocycles. The van der Waals surface area contributed by atoms with Gasteiger partial charge in [0.1, 0.15) is 0 Å². The minimum atomic E-state index is -0.0333. The molecule has 0 radical (unpaired) electrons. The Labute approximate surface area is 121 Å². The van der Waals surface area contributed by atoms with Gasteiger partial charge in [0.15, 0.2) is 0 Å². The standard InChI is InChI=1S/C13H20BrN3O2/c1-16(5-6-19-2)11-7-12(18)17(15-8-11)10-13(9-14)3-4-13/h7-8H,3-6,9-10H2,1-2H3. The topological polar surface area (TPSA) is 47.4 Å². The predicted octanol–water partition coefficient (Wildman–Crippen LogP) is 1.50. The molecule has 0 N–H and O–H groups in total. The van der Waals surface area contributed by atoms with Gasteiger partial charge in [-0.2, -0.15) is 5.10 Å². The molecule has 1 aromatic heterocycles. The number of anilines is 1. The summed E-state index contributed by atoms with van der Waals surface area (Å²) >= 11 is 3.52. The molecule has 1 aliphatic carbocycles.